The van der Waals surface area contributed by atoms with Crippen molar-refractivity contribution in [1.29, 1.82) is 0 Å². The molecule has 3 heterocycles. The fraction of sp³-hybridized carbons (Fsp3) is 0.286. The number of nitrogens with one attached hydrogen (secondary N) is 2. The monoisotopic (exact) mass is 461 g/mol. The van der Waals surface area contributed by atoms with E-state index < -0.39 is 0 Å². The summed E-state index contributed by atoms with van der Waals surface area (Å²) in [5.74, 6) is -0.476. The number of phenolic OH excluding ortho intramolecular Hbond substituents is 1. The van der Waals surface area contributed by atoms with Crippen LogP contribution < -0.4 is 10.6 Å². The number of imidazole rings is 1. The Kier molecular flexibility index (Phi) is 6.20. The summed E-state index contributed by atoms with van der Waals surface area (Å²) < 4.78 is 1.81. The van der Waals surface area contributed by atoms with Crippen molar-refractivity contribution in [1.82, 2.24) is 19.6 Å². The summed E-state index contributed by atoms with van der Waals surface area (Å²) in [5, 5.41) is 16.5. The standard InChI is InChI=1S/C21H21Cl2N5O3/c22-14-1-3-18(29)17(9-14)26-20(30)13-5-7-27(8-6-13)21(31)24-10-16-12-28-11-15(23)2-4-19(28)25-16/h1-4,9,11-13,29H,5-8,10H2,(H,24,31)(H,26,30). The molecule has 1 fully saturated rings. The van der Waals surface area contributed by atoms with E-state index in [2.05, 4.69) is 15.6 Å². The van der Waals surface area contributed by atoms with Crippen molar-refractivity contribution in [2.45, 2.75) is 19.4 Å². The van der Waals surface area contributed by atoms with E-state index in [0.717, 1.165) is 11.3 Å². The van der Waals surface area contributed by atoms with Crippen LogP contribution in [0.25, 0.3) is 5.65 Å². The molecule has 0 saturated carbocycles. The number of aromatic hydroxyl groups is 1. The molecule has 1 aromatic carbocycles. The fourth-order valence-electron chi connectivity index (χ4n) is 3.57. The van der Waals surface area contributed by atoms with Gasteiger partial charge in [0.05, 0.1) is 22.9 Å². The van der Waals surface area contributed by atoms with Gasteiger partial charge in [0.15, 0.2) is 0 Å². The van der Waals surface area contributed by atoms with E-state index in [0.29, 0.717) is 42.5 Å². The van der Waals surface area contributed by atoms with Crippen LogP contribution in [-0.4, -0.2) is 44.4 Å². The minimum absolute atomic E-state index is 0.0382. The summed E-state index contributed by atoms with van der Waals surface area (Å²) in [5.41, 5.74) is 1.77. The van der Waals surface area contributed by atoms with Gasteiger partial charge in [0, 0.05) is 36.4 Å². The lowest BCUT2D eigenvalue weighted by Crippen LogP contribution is -2.45. The number of likely N-dealkylation sites (tertiary alicyclic amines) is 1. The summed E-state index contributed by atoms with van der Waals surface area (Å²) in [6.07, 6.45) is 4.65. The van der Waals surface area contributed by atoms with Crippen molar-refractivity contribution in [2.24, 2.45) is 5.92 Å². The second-order valence-electron chi connectivity index (χ2n) is 7.42. The highest BCUT2D eigenvalue weighted by Crippen LogP contribution is 2.28. The lowest BCUT2D eigenvalue weighted by Gasteiger charge is -2.31. The average molecular weight is 462 g/mol. The number of fused-ring (bicyclic) bond motifs is 1. The van der Waals surface area contributed by atoms with Crippen molar-refractivity contribution in [3.63, 3.8) is 0 Å². The Balaban J connectivity index is 1.27. The number of nitrogens with zero attached hydrogens (tertiary/aromatic N) is 3. The maximum absolute atomic E-state index is 12.5. The molecule has 2 aromatic heterocycles. The third-order valence-electron chi connectivity index (χ3n) is 5.26. The number of hydrogen-bond donors (Lipinski definition) is 3. The Bertz CT molecular complexity index is 1130. The first-order valence-corrected chi connectivity index (χ1v) is 10.6. The van der Waals surface area contributed by atoms with E-state index in [-0.39, 0.29) is 29.3 Å². The number of hydrogen-bond acceptors (Lipinski definition) is 4. The molecule has 3 N–H and O–H groups in total. The molecule has 162 valence electrons. The molecule has 0 radical (unpaired) electrons. The summed E-state index contributed by atoms with van der Waals surface area (Å²) in [6.45, 7) is 1.23. The second kappa shape index (κ2) is 9.03. The van der Waals surface area contributed by atoms with Gasteiger partial charge in [-0.05, 0) is 43.2 Å². The minimum Gasteiger partial charge on any atom is -0.506 e. The number of amides is 3. The van der Waals surface area contributed by atoms with E-state index in [1.54, 1.807) is 23.2 Å². The molecule has 0 spiro atoms. The molecule has 3 aromatic rings. The maximum atomic E-state index is 12.5. The van der Waals surface area contributed by atoms with Gasteiger partial charge in [-0.3, -0.25) is 4.79 Å². The van der Waals surface area contributed by atoms with Crippen molar-refractivity contribution in [3.05, 3.63) is 58.5 Å². The molecule has 0 bridgehead atoms. The summed E-state index contributed by atoms with van der Waals surface area (Å²) in [7, 11) is 0. The highest BCUT2D eigenvalue weighted by molar-refractivity contribution is 6.31. The molecule has 0 atom stereocenters. The largest absolute Gasteiger partial charge is 0.506 e. The van der Waals surface area contributed by atoms with Gasteiger partial charge in [0.25, 0.3) is 0 Å². The van der Waals surface area contributed by atoms with E-state index in [1.807, 2.05) is 16.7 Å². The van der Waals surface area contributed by atoms with Crippen molar-refractivity contribution in [3.8, 4) is 5.75 Å². The molecule has 3 amide bonds. The average Bonchev–Trinajstić information content (AvgIpc) is 3.16. The molecule has 10 heteroatoms. The molecule has 4 rings (SSSR count). The fourth-order valence-corrected chi connectivity index (χ4v) is 3.91. The summed E-state index contributed by atoms with van der Waals surface area (Å²) >= 11 is 11.9. The van der Waals surface area contributed by atoms with Crippen LogP contribution in [0.4, 0.5) is 10.5 Å². The number of anilines is 1. The van der Waals surface area contributed by atoms with E-state index in [9.17, 15) is 14.7 Å². The van der Waals surface area contributed by atoms with Gasteiger partial charge in [-0.2, -0.15) is 0 Å². The number of pyridine rings is 1. The van der Waals surface area contributed by atoms with Crippen LogP contribution in [0.15, 0.2) is 42.7 Å². The van der Waals surface area contributed by atoms with Gasteiger partial charge in [-0.25, -0.2) is 9.78 Å². The SMILES string of the molecule is O=C(Nc1cc(Cl)ccc1O)C1CCN(C(=O)NCc2cn3cc(Cl)ccc3n2)CC1. The minimum atomic E-state index is -0.245. The molecular weight excluding hydrogens is 441 g/mol. The van der Waals surface area contributed by atoms with Crippen LogP contribution in [0.5, 0.6) is 5.75 Å². The van der Waals surface area contributed by atoms with Gasteiger partial charge in [-0.1, -0.05) is 23.2 Å². The Morgan fingerprint density at radius 1 is 1.10 bits per heavy atom. The Morgan fingerprint density at radius 2 is 1.84 bits per heavy atom. The quantitative estimate of drug-likeness (QED) is 0.512. The first-order valence-electron chi connectivity index (χ1n) is 9.84. The first-order chi connectivity index (χ1) is 14.9. The van der Waals surface area contributed by atoms with Gasteiger partial charge >= 0.3 is 6.03 Å². The molecule has 0 unspecified atom stereocenters. The highest BCUT2D eigenvalue weighted by Gasteiger charge is 2.27. The molecule has 8 nitrogen and oxygen atoms in total. The zero-order chi connectivity index (χ0) is 22.0. The van der Waals surface area contributed by atoms with Crippen LogP contribution in [0.1, 0.15) is 18.5 Å². The van der Waals surface area contributed by atoms with Gasteiger partial charge in [0.1, 0.15) is 11.4 Å². The predicted octanol–water partition coefficient (Wildman–Crippen LogP) is 3.91. The summed E-state index contributed by atoms with van der Waals surface area (Å²) in [6, 6.07) is 7.87. The lowest BCUT2D eigenvalue weighted by atomic mass is 9.96. The number of phenols is 1. The van der Waals surface area contributed by atoms with Crippen LogP contribution in [0, 0.1) is 5.92 Å². The number of benzene rings is 1. The molecule has 0 aliphatic carbocycles. The molecule has 1 aliphatic rings. The number of urea groups is 1. The molecule has 1 saturated heterocycles. The van der Waals surface area contributed by atoms with Crippen LogP contribution in [0.2, 0.25) is 10.0 Å². The second-order valence-corrected chi connectivity index (χ2v) is 8.29. The summed E-state index contributed by atoms with van der Waals surface area (Å²) in [4.78, 5) is 31.2. The van der Waals surface area contributed by atoms with E-state index in [1.165, 1.54) is 12.1 Å². The van der Waals surface area contributed by atoms with Gasteiger partial charge < -0.3 is 25.0 Å². The third kappa shape index (κ3) is 5.03. The van der Waals surface area contributed by atoms with Crippen LogP contribution >= 0.6 is 23.2 Å². The Hall–Kier alpha value is -2.97. The lowest BCUT2D eigenvalue weighted by molar-refractivity contribution is -0.121. The van der Waals surface area contributed by atoms with E-state index >= 15 is 0 Å². The first kappa shape index (κ1) is 21.3. The predicted molar refractivity (Wildman–Crippen MR) is 118 cm³/mol. The van der Waals surface area contributed by atoms with Crippen molar-refractivity contribution in [2.75, 3.05) is 18.4 Å². The normalized spacial score (nSPS) is 14.6. The highest BCUT2D eigenvalue weighted by atomic mass is 35.5. The van der Waals surface area contributed by atoms with Crippen molar-refractivity contribution >= 4 is 46.5 Å². The number of piperidine rings is 1. The maximum Gasteiger partial charge on any atom is 0.317 e. The Morgan fingerprint density at radius 3 is 2.61 bits per heavy atom. The zero-order valence-electron chi connectivity index (χ0n) is 16.5. The number of halogens is 2. The van der Waals surface area contributed by atoms with E-state index in [4.69, 9.17) is 23.2 Å². The molecule has 31 heavy (non-hydrogen) atoms. The molecular formula is C21H21Cl2N5O3. The third-order valence-corrected chi connectivity index (χ3v) is 5.71. The number of rotatable bonds is 4. The zero-order valence-corrected chi connectivity index (χ0v) is 18.0. The Labute approximate surface area is 188 Å². The molecule has 1 aliphatic heterocycles. The van der Waals surface area contributed by atoms with Crippen LogP contribution in [0.3, 0.4) is 0 Å². The number of aromatic nitrogens is 2. The van der Waals surface area contributed by atoms with Crippen LogP contribution in [-0.2, 0) is 11.3 Å². The number of carbonyl (C=O) groups is 2. The smallest absolute Gasteiger partial charge is 0.317 e. The van der Waals surface area contributed by atoms with Gasteiger partial charge in [0.2, 0.25) is 5.91 Å². The van der Waals surface area contributed by atoms with Crippen molar-refractivity contribution < 1.29 is 14.7 Å². The number of carbonyl (C=O) groups excluding carboxylic acids is 2. The van der Waals surface area contributed by atoms with Gasteiger partial charge in [-0.15, -0.1) is 0 Å². The topological polar surface area (TPSA) is 99.0 Å².